The lowest BCUT2D eigenvalue weighted by Crippen LogP contribution is -2.49. The van der Waals surface area contributed by atoms with Crippen LogP contribution in [0.2, 0.25) is 0 Å². The van der Waals surface area contributed by atoms with Crippen LogP contribution in [0.25, 0.3) is 0 Å². The second-order valence-electron chi connectivity index (χ2n) is 7.42. The van der Waals surface area contributed by atoms with E-state index in [2.05, 4.69) is 5.32 Å². The minimum absolute atomic E-state index is 0.110. The van der Waals surface area contributed by atoms with Crippen LogP contribution in [-0.4, -0.2) is 56.9 Å². The molecular formula is C20H26N4O5. The molecule has 1 aliphatic rings. The summed E-state index contributed by atoms with van der Waals surface area (Å²) < 4.78 is 7.87. The molecule has 1 aliphatic heterocycles. The maximum Gasteiger partial charge on any atom is 0.332 e. The number of aliphatic hydroxyl groups is 1. The molecule has 1 fully saturated rings. The molecule has 1 aromatic heterocycles. The van der Waals surface area contributed by atoms with Crippen LogP contribution in [0.1, 0.15) is 12.8 Å². The number of aromatic nitrogens is 2. The lowest BCUT2D eigenvalue weighted by Gasteiger charge is -2.37. The summed E-state index contributed by atoms with van der Waals surface area (Å²) in [7, 11) is 2.87. The number of likely N-dealkylation sites (tertiary alicyclic amines) is 1. The lowest BCUT2D eigenvalue weighted by molar-refractivity contribution is -0.119. The fraction of sp³-hybridized carbons (Fsp3) is 0.450. The van der Waals surface area contributed by atoms with E-state index in [0.29, 0.717) is 31.7 Å². The Morgan fingerprint density at radius 3 is 2.45 bits per heavy atom. The molecule has 2 N–H and O–H groups in total. The van der Waals surface area contributed by atoms with E-state index in [-0.39, 0.29) is 24.9 Å². The SMILES string of the molecule is Cn1c(NC(=O)CN2CCC(O)(COc3ccccc3)CC2)cc(=O)n(C)c1=O. The van der Waals surface area contributed by atoms with Crippen molar-refractivity contribution in [1.29, 1.82) is 0 Å². The first-order valence-electron chi connectivity index (χ1n) is 9.47. The molecule has 2 heterocycles. The standard InChI is InChI=1S/C20H26N4O5/c1-22-16(12-18(26)23(2)19(22)27)21-17(25)13-24-10-8-20(28,9-11-24)14-29-15-6-4-3-5-7-15/h3-7,12,28H,8-11,13-14H2,1-2H3,(H,21,25). The topological polar surface area (TPSA) is 106 Å². The van der Waals surface area contributed by atoms with Gasteiger partial charge < -0.3 is 15.2 Å². The Morgan fingerprint density at radius 2 is 1.79 bits per heavy atom. The molecule has 9 nitrogen and oxygen atoms in total. The molecule has 2 aromatic rings. The van der Waals surface area contributed by atoms with Crippen molar-refractivity contribution in [2.75, 3.05) is 31.6 Å². The van der Waals surface area contributed by atoms with Crippen molar-refractivity contribution in [2.45, 2.75) is 18.4 Å². The number of piperidine rings is 1. The van der Waals surface area contributed by atoms with Crippen LogP contribution in [0, 0.1) is 0 Å². The summed E-state index contributed by atoms with van der Waals surface area (Å²) in [4.78, 5) is 38.0. The fourth-order valence-electron chi connectivity index (χ4n) is 3.24. The van der Waals surface area contributed by atoms with Crippen molar-refractivity contribution in [3.05, 3.63) is 57.2 Å². The highest BCUT2D eigenvalue weighted by Crippen LogP contribution is 2.23. The molecular weight excluding hydrogens is 376 g/mol. The Bertz CT molecular complexity index is 975. The van der Waals surface area contributed by atoms with Gasteiger partial charge in [0, 0.05) is 33.3 Å². The summed E-state index contributed by atoms with van der Waals surface area (Å²) in [5.41, 5.74) is -1.92. The molecule has 0 radical (unpaired) electrons. The van der Waals surface area contributed by atoms with E-state index >= 15 is 0 Å². The van der Waals surface area contributed by atoms with E-state index in [1.54, 1.807) is 0 Å². The van der Waals surface area contributed by atoms with Crippen LogP contribution < -0.4 is 21.3 Å². The van der Waals surface area contributed by atoms with Gasteiger partial charge in [-0.3, -0.25) is 23.6 Å². The zero-order chi connectivity index (χ0) is 21.0. The minimum atomic E-state index is -0.932. The average Bonchev–Trinajstić information content (AvgIpc) is 2.72. The van der Waals surface area contributed by atoms with Gasteiger partial charge in [0.2, 0.25) is 5.91 Å². The van der Waals surface area contributed by atoms with Gasteiger partial charge in [-0.1, -0.05) is 18.2 Å². The summed E-state index contributed by atoms with van der Waals surface area (Å²) in [6.07, 6.45) is 0.967. The monoisotopic (exact) mass is 402 g/mol. The summed E-state index contributed by atoms with van der Waals surface area (Å²) >= 11 is 0. The van der Waals surface area contributed by atoms with E-state index < -0.39 is 16.9 Å². The van der Waals surface area contributed by atoms with Crippen molar-refractivity contribution >= 4 is 11.7 Å². The van der Waals surface area contributed by atoms with Crippen LogP contribution in [0.3, 0.4) is 0 Å². The Balaban J connectivity index is 1.51. The molecule has 1 amide bonds. The number of benzene rings is 1. The van der Waals surface area contributed by atoms with Crippen LogP contribution in [0.4, 0.5) is 5.82 Å². The Hall–Kier alpha value is -2.91. The van der Waals surface area contributed by atoms with Crippen molar-refractivity contribution in [1.82, 2.24) is 14.0 Å². The van der Waals surface area contributed by atoms with Gasteiger partial charge in [0.1, 0.15) is 23.8 Å². The number of nitrogens with one attached hydrogen (secondary N) is 1. The molecule has 0 unspecified atom stereocenters. The van der Waals surface area contributed by atoms with Crippen molar-refractivity contribution < 1.29 is 14.6 Å². The first-order chi connectivity index (χ1) is 13.8. The summed E-state index contributed by atoms with van der Waals surface area (Å²) in [6.45, 7) is 1.39. The maximum atomic E-state index is 12.3. The third-order valence-electron chi connectivity index (χ3n) is 5.20. The van der Waals surface area contributed by atoms with Gasteiger partial charge in [0.25, 0.3) is 5.56 Å². The Kier molecular flexibility index (Phi) is 6.19. The molecule has 0 spiro atoms. The van der Waals surface area contributed by atoms with Gasteiger partial charge in [-0.25, -0.2) is 4.79 Å². The molecule has 0 atom stereocenters. The predicted octanol–water partition coefficient (Wildman–Crippen LogP) is -0.0716. The quantitative estimate of drug-likeness (QED) is 0.701. The number of carbonyl (C=O) groups is 1. The van der Waals surface area contributed by atoms with Crippen LogP contribution in [-0.2, 0) is 18.9 Å². The zero-order valence-corrected chi connectivity index (χ0v) is 16.6. The average molecular weight is 402 g/mol. The number of carbonyl (C=O) groups excluding carboxylic acids is 1. The fourth-order valence-corrected chi connectivity index (χ4v) is 3.24. The van der Waals surface area contributed by atoms with Gasteiger partial charge in [-0.05, 0) is 25.0 Å². The lowest BCUT2D eigenvalue weighted by atomic mass is 9.92. The second kappa shape index (κ2) is 8.62. The third kappa shape index (κ3) is 5.12. The number of ether oxygens (including phenoxy) is 1. The molecule has 1 aromatic carbocycles. The van der Waals surface area contributed by atoms with E-state index in [1.807, 2.05) is 35.2 Å². The summed E-state index contributed by atoms with van der Waals surface area (Å²) in [5.74, 6) is 0.550. The normalized spacial score (nSPS) is 16.4. The van der Waals surface area contributed by atoms with Crippen molar-refractivity contribution in [2.24, 2.45) is 14.1 Å². The molecule has 0 bridgehead atoms. The van der Waals surface area contributed by atoms with Crippen molar-refractivity contribution in [3.8, 4) is 5.75 Å². The summed E-state index contributed by atoms with van der Waals surface area (Å²) in [6, 6.07) is 10.5. The molecule has 0 saturated carbocycles. The van der Waals surface area contributed by atoms with Gasteiger partial charge in [0.15, 0.2) is 0 Å². The molecule has 3 rings (SSSR count). The predicted molar refractivity (Wildman–Crippen MR) is 108 cm³/mol. The third-order valence-corrected chi connectivity index (χ3v) is 5.20. The smallest absolute Gasteiger partial charge is 0.332 e. The highest BCUT2D eigenvalue weighted by Gasteiger charge is 2.33. The minimum Gasteiger partial charge on any atom is -0.491 e. The largest absolute Gasteiger partial charge is 0.491 e. The molecule has 9 heteroatoms. The maximum absolute atomic E-state index is 12.3. The van der Waals surface area contributed by atoms with Gasteiger partial charge in [0.05, 0.1) is 6.54 Å². The Morgan fingerprint density at radius 1 is 1.14 bits per heavy atom. The van der Waals surface area contributed by atoms with E-state index in [0.717, 1.165) is 4.57 Å². The van der Waals surface area contributed by atoms with Gasteiger partial charge >= 0.3 is 5.69 Å². The highest BCUT2D eigenvalue weighted by atomic mass is 16.5. The molecule has 156 valence electrons. The number of nitrogens with zero attached hydrogens (tertiary/aromatic N) is 3. The number of hydrogen-bond donors (Lipinski definition) is 2. The van der Waals surface area contributed by atoms with E-state index in [1.165, 1.54) is 24.7 Å². The summed E-state index contributed by atoms with van der Waals surface area (Å²) in [5, 5.41) is 13.3. The van der Waals surface area contributed by atoms with E-state index in [9.17, 15) is 19.5 Å². The van der Waals surface area contributed by atoms with Crippen LogP contribution in [0.5, 0.6) is 5.75 Å². The Labute approximate surface area is 168 Å². The van der Waals surface area contributed by atoms with E-state index in [4.69, 9.17) is 4.74 Å². The first-order valence-corrected chi connectivity index (χ1v) is 9.47. The number of rotatable bonds is 6. The first kappa shape index (κ1) is 20.8. The number of amides is 1. The van der Waals surface area contributed by atoms with Crippen LogP contribution in [0.15, 0.2) is 46.0 Å². The second-order valence-corrected chi connectivity index (χ2v) is 7.42. The highest BCUT2D eigenvalue weighted by molar-refractivity contribution is 5.91. The molecule has 0 aliphatic carbocycles. The number of para-hydroxylation sites is 1. The van der Waals surface area contributed by atoms with Gasteiger partial charge in [-0.15, -0.1) is 0 Å². The van der Waals surface area contributed by atoms with Crippen molar-refractivity contribution in [3.63, 3.8) is 0 Å². The molecule has 29 heavy (non-hydrogen) atoms. The number of anilines is 1. The van der Waals surface area contributed by atoms with Gasteiger partial charge in [-0.2, -0.15) is 0 Å². The zero-order valence-electron chi connectivity index (χ0n) is 16.6. The number of hydrogen-bond acceptors (Lipinski definition) is 6. The molecule has 1 saturated heterocycles. The van der Waals surface area contributed by atoms with Crippen LogP contribution >= 0.6 is 0 Å².